The third-order valence-corrected chi connectivity index (χ3v) is 6.53. The predicted octanol–water partition coefficient (Wildman–Crippen LogP) is 1.88. The first-order chi connectivity index (χ1) is 11.3. The lowest BCUT2D eigenvalue weighted by Crippen LogP contribution is -2.49. The van der Waals surface area contributed by atoms with E-state index < -0.39 is 27.5 Å². The average molecular weight is 352 g/mol. The minimum atomic E-state index is -4.23. The number of hydrogen-bond donors (Lipinski definition) is 1. The van der Waals surface area contributed by atoms with Gasteiger partial charge >= 0.3 is 6.03 Å². The lowest BCUT2D eigenvalue weighted by Gasteiger charge is -2.33. The van der Waals surface area contributed by atoms with Gasteiger partial charge < -0.3 is 10.1 Å². The van der Waals surface area contributed by atoms with Crippen molar-refractivity contribution in [2.45, 2.75) is 43.0 Å². The van der Waals surface area contributed by atoms with Gasteiger partial charge in [0.1, 0.15) is 11.3 Å². The van der Waals surface area contributed by atoms with E-state index in [4.69, 9.17) is 4.74 Å². The second-order valence-electron chi connectivity index (χ2n) is 6.44. The summed E-state index contributed by atoms with van der Waals surface area (Å²) in [5.41, 5.74) is -1.08. The van der Waals surface area contributed by atoms with E-state index in [0.29, 0.717) is 28.8 Å². The second kappa shape index (κ2) is 5.77. The van der Waals surface area contributed by atoms with Gasteiger partial charge in [0, 0.05) is 0 Å². The Bertz CT molecular complexity index is 764. The Morgan fingerprint density at radius 3 is 2.29 bits per heavy atom. The van der Waals surface area contributed by atoms with Crippen molar-refractivity contribution in [3.8, 4) is 5.75 Å². The molecule has 1 saturated heterocycles. The van der Waals surface area contributed by atoms with Crippen LogP contribution < -0.4 is 10.1 Å². The number of rotatable bonds is 3. The summed E-state index contributed by atoms with van der Waals surface area (Å²) in [7, 11) is -2.77. The third kappa shape index (κ3) is 2.54. The number of sulfonamides is 1. The van der Waals surface area contributed by atoms with Crippen LogP contribution in [0.1, 0.15) is 32.6 Å². The van der Waals surface area contributed by atoms with Crippen molar-refractivity contribution in [1.82, 2.24) is 9.62 Å². The Balaban J connectivity index is 1.93. The van der Waals surface area contributed by atoms with Crippen molar-refractivity contribution < 1.29 is 22.7 Å². The fraction of sp³-hybridized carbons (Fsp3) is 0.500. The molecule has 1 N–H and O–H groups in total. The number of hydrogen-bond acceptors (Lipinski definition) is 5. The van der Waals surface area contributed by atoms with Gasteiger partial charge in [0.05, 0.1) is 12.0 Å². The number of nitrogens with one attached hydrogen (secondary N) is 1. The van der Waals surface area contributed by atoms with Gasteiger partial charge in [-0.3, -0.25) is 4.79 Å². The smallest absolute Gasteiger partial charge is 0.339 e. The molecule has 0 bridgehead atoms. The average Bonchev–Trinajstić information content (AvgIpc) is 2.81. The van der Waals surface area contributed by atoms with Crippen LogP contribution in [-0.4, -0.2) is 37.3 Å². The Hall–Kier alpha value is -2.09. The summed E-state index contributed by atoms with van der Waals surface area (Å²) in [6.07, 6.45) is 2.49. The minimum absolute atomic E-state index is 0.118. The van der Waals surface area contributed by atoms with E-state index in [1.807, 2.05) is 0 Å². The van der Waals surface area contributed by atoms with Gasteiger partial charge in [0.2, 0.25) is 0 Å². The molecular formula is C16H20N2O5S. The Morgan fingerprint density at radius 1 is 1.17 bits per heavy atom. The van der Waals surface area contributed by atoms with Crippen LogP contribution in [0, 0.1) is 5.92 Å². The van der Waals surface area contributed by atoms with E-state index in [9.17, 15) is 18.0 Å². The zero-order valence-electron chi connectivity index (χ0n) is 13.6. The van der Waals surface area contributed by atoms with Crippen molar-refractivity contribution in [3.63, 3.8) is 0 Å². The largest absolute Gasteiger partial charge is 0.497 e. The van der Waals surface area contributed by atoms with Crippen LogP contribution in [0.25, 0.3) is 0 Å². The fourth-order valence-corrected chi connectivity index (χ4v) is 4.61. The van der Waals surface area contributed by atoms with E-state index >= 15 is 0 Å². The third-order valence-electron chi connectivity index (χ3n) is 4.85. The van der Waals surface area contributed by atoms with Gasteiger partial charge in [0.15, 0.2) is 0 Å². The first-order valence-electron chi connectivity index (χ1n) is 7.86. The first-order valence-corrected chi connectivity index (χ1v) is 9.30. The van der Waals surface area contributed by atoms with Crippen LogP contribution in [0.5, 0.6) is 5.75 Å². The van der Waals surface area contributed by atoms with E-state index in [0.717, 1.165) is 12.8 Å². The maximum atomic E-state index is 12.8. The SMILES string of the molecule is COc1ccc(S(=O)(=O)N2C(=O)NC3(CCC(C)CC3)C2=O)cc1. The molecule has 2 fully saturated rings. The topological polar surface area (TPSA) is 92.8 Å². The number of imide groups is 1. The lowest BCUT2D eigenvalue weighted by atomic mass is 9.77. The molecule has 0 radical (unpaired) electrons. The molecule has 3 rings (SSSR count). The van der Waals surface area contributed by atoms with E-state index in [1.54, 1.807) is 0 Å². The van der Waals surface area contributed by atoms with Crippen LogP contribution in [0.4, 0.5) is 4.79 Å². The maximum Gasteiger partial charge on any atom is 0.339 e. The molecular weight excluding hydrogens is 332 g/mol. The summed E-state index contributed by atoms with van der Waals surface area (Å²) in [5.74, 6) is 0.284. The number of benzene rings is 1. The van der Waals surface area contributed by atoms with Gasteiger partial charge in [-0.25, -0.2) is 13.2 Å². The summed E-state index contributed by atoms with van der Waals surface area (Å²) in [4.78, 5) is 24.9. The molecule has 1 saturated carbocycles. The molecule has 0 aromatic heterocycles. The molecule has 2 aliphatic rings. The molecule has 1 aromatic carbocycles. The number of carbonyl (C=O) groups excluding carboxylic acids is 2. The lowest BCUT2D eigenvalue weighted by molar-refractivity contribution is -0.129. The highest BCUT2D eigenvalue weighted by Crippen LogP contribution is 2.38. The van der Waals surface area contributed by atoms with Gasteiger partial charge in [-0.15, -0.1) is 4.31 Å². The van der Waals surface area contributed by atoms with E-state index in [-0.39, 0.29) is 4.90 Å². The molecule has 8 heteroatoms. The standard InChI is InChI=1S/C16H20N2O5S/c1-11-7-9-16(10-8-11)14(19)18(15(20)17-16)24(21,22)13-5-3-12(23-2)4-6-13/h3-6,11H,7-10H2,1-2H3,(H,17,20). The molecule has 24 heavy (non-hydrogen) atoms. The molecule has 1 heterocycles. The van der Waals surface area contributed by atoms with Crippen molar-refractivity contribution in [3.05, 3.63) is 24.3 Å². The molecule has 1 aliphatic heterocycles. The second-order valence-corrected chi connectivity index (χ2v) is 8.23. The van der Waals surface area contributed by atoms with E-state index in [2.05, 4.69) is 12.2 Å². The van der Waals surface area contributed by atoms with Crippen molar-refractivity contribution >= 4 is 22.0 Å². The molecule has 1 aromatic rings. The van der Waals surface area contributed by atoms with Gasteiger partial charge in [-0.1, -0.05) is 6.92 Å². The highest BCUT2D eigenvalue weighted by Gasteiger charge is 2.56. The number of amides is 3. The maximum absolute atomic E-state index is 12.8. The summed E-state index contributed by atoms with van der Waals surface area (Å²) < 4.78 is 30.9. The number of carbonyl (C=O) groups is 2. The molecule has 1 aliphatic carbocycles. The van der Waals surface area contributed by atoms with Crippen molar-refractivity contribution in [1.29, 1.82) is 0 Å². The summed E-state index contributed by atoms with van der Waals surface area (Å²) in [6, 6.07) is 4.73. The Kier molecular flexibility index (Phi) is 4.03. The normalized spacial score (nSPS) is 27.4. The molecule has 3 amide bonds. The first kappa shape index (κ1) is 16.8. The molecule has 0 unspecified atom stereocenters. The van der Waals surface area contributed by atoms with Gasteiger partial charge in [0.25, 0.3) is 15.9 Å². The fourth-order valence-electron chi connectivity index (χ4n) is 3.26. The number of nitrogens with zero attached hydrogens (tertiary/aromatic N) is 1. The summed E-state index contributed by atoms with van der Waals surface area (Å²) in [5, 5.41) is 2.62. The summed E-state index contributed by atoms with van der Waals surface area (Å²) >= 11 is 0. The Labute approximate surface area is 141 Å². The summed E-state index contributed by atoms with van der Waals surface area (Å²) in [6.45, 7) is 2.08. The van der Waals surface area contributed by atoms with Crippen molar-refractivity contribution in [2.75, 3.05) is 7.11 Å². The van der Waals surface area contributed by atoms with E-state index in [1.165, 1.54) is 31.4 Å². The minimum Gasteiger partial charge on any atom is -0.497 e. The van der Waals surface area contributed by atoms with Crippen LogP contribution in [0.2, 0.25) is 0 Å². The van der Waals surface area contributed by atoms with Crippen LogP contribution in [-0.2, 0) is 14.8 Å². The molecule has 7 nitrogen and oxygen atoms in total. The molecule has 0 atom stereocenters. The number of methoxy groups -OCH3 is 1. The predicted molar refractivity (Wildman–Crippen MR) is 85.9 cm³/mol. The monoisotopic (exact) mass is 352 g/mol. The Morgan fingerprint density at radius 2 is 1.75 bits per heavy atom. The van der Waals surface area contributed by atoms with Crippen LogP contribution >= 0.6 is 0 Å². The zero-order valence-corrected chi connectivity index (χ0v) is 14.4. The van der Waals surface area contributed by atoms with Crippen LogP contribution in [0.3, 0.4) is 0 Å². The highest BCUT2D eigenvalue weighted by atomic mass is 32.2. The van der Waals surface area contributed by atoms with Crippen LogP contribution in [0.15, 0.2) is 29.2 Å². The highest BCUT2D eigenvalue weighted by molar-refractivity contribution is 7.90. The van der Waals surface area contributed by atoms with Gasteiger partial charge in [-0.2, -0.15) is 0 Å². The van der Waals surface area contributed by atoms with Gasteiger partial charge in [-0.05, 0) is 55.9 Å². The zero-order chi connectivity index (χ0) is 17.5. The quantitative estimate of drug-likeness (QED) is 0.839. The number of ether oxygens (including phenoxy) is 1. The number of urea groups is 1. The molecule has 1 spiro atoms. The molecule has 130 valence electrons. The van der Waals surface area contributed by atoms with Crippen molar-refractivity contribution in [2.24, 2.45) is 5.92 Å².